The molecule has 0 aliphatic carbocycles. The molecule has 242 valence electrons. The van der Waals surface area contributed by atoms with E-state index in [1.807, 2.05) is 6.07 Å². The number of esters is 1. The van der Waals surface area contributed by atoms with Crippen LogP contribution in [0, 0.1) is 28.4 Å². The normalized spacial score (nSPS) is 12.1. The van der Waals surface area contributed by atoms with E-state index in [1.165, 1.54) is 30.2 Å². The SMILES string of the molecule is CC/C=C\C/C=C\C/C=C\C/C=C\C/C=C\CCCC(=O)OCCN(CC)C(=O)/C(C#N)=C/c1cc(OC)c(C)c([N+](=O)[O-])c1. The zero-order chi connectivity index (χ0) is 33.3. The number of hydrogen-bond acceptors (Lipinski definition) is 7. The third kappa shape index (κ3) is 16.1. The summed E-state index contributed by atoms with van der Waals surface area (Å²) in [5, 5.41) is 21.0. The van der Waals surface area contributed by atoms with Gasteiger partial charge in [0.25, 0.3) is 11.6 Å². The number of carbonyl (C=O) groups excluding carboxylic acids is 2. The zero-order valence-corrected chi connectivity index (χ0v) is 27.1. The standard InChI is InChI=1S/C36H47N3O6/c1-5-7-8-9-10-11-12-13-14-15-16-17-18-19-20-21-22-23-35(40)45-25-24-38(6-2)36(41)32(29-37)26-31-27-33(39(42)43)30(3)34(28-31)44-4/h7-8,10-11,13-14,16-17,19-20,26-28H,5-6,9,12,15,18,21-25H2,1-4H3/b8-7-,11-10-,14-13-,17-16-,20-19-,32-26+. The van der Waals surface area contributed by atoms with E-state index in [0.717, 1.165) is 38.5 Å². The first kappa shape index (κ1) is 38.3. The lowest BCUT2D eigenvalue weighted by Gasteiger charge is -2.20. The van der Waals surface area contributed by atoms with Crippen molar-refractivity contribution in [2.75, 3.05) is 26.8 Å². The first-order valence-electron chi connectivity index (χ1n) is 15.4. The molecule has 45 heavy (non-hydrogen) atoms. The topological polar surface area (TPSA) is 123 Å². The summed E-state index contributed by atoms with van der Waals surface area (Å²) in [5.74, 6) is -0.626. The Balaban J connectivity index is 2.40. The van der Waals surface area contributed by atoms with Gasteiger partial charge in [0.05, 0.1) is 24.1 Å². The highest BCUT2D eigenvalue weighted by atomic mass is 16.6. The Morgan fingerprint density at radius 3 is 2.04 bits per heavy atom. The fourth-order valence-corrected chi connectivity index (χ4v) is 4.14. The van der Waals surface area contributed by atoms with Gasteiger partial charge in [-0.05, 0) is 76.5 Å². The lowest BCUT2D eigenvalue weighted by atomic mass is 10.1. The highest BCUT2D eigenvalue weighted by molar-refractivity contribution is 6.01. The van der Waals surface area contributed by atoms with E-state index >= 15 is 0 Å². The molecule has 0 aromatic heterocycles. The van der Waals surface area contributed by atoms with Crippen LogP contribution in [0.15, 0.2) is 78.5 Å². The average molecular weight is 618 g/mol. The number of nitriles is 1. The lowest BCUT2D eigenvalue weighted by Crippen LogP contribution is -2.35. The largest absolute Gasteiger partial charge is 0.496 e. The van der Waals surface area contributed by atoms with Crippen molar-refractivity contribution in [1.29, 1.82) is 5.26 Å². The van der Waals surface area contributed by atoms with Gasteiger partial charge in [-0.15, -0.1) is 0 Å². The fraction of sp³-hybridized carbons (Fsp3) is 0.417. The Labute approximate surface area is 268 Å². The summed E-state index contributed by atoms with van der Waals surface area (Å²) in [7, 11) is 1.39. The molecule has 1 aromatic carbocycles. The lowest BCUT2D eigenvalue weighted by molar-refractivity contribution is -0.385. The van der Waals surface area contributed by atoms with E-state index in [-0.39, 0.29) is 49.1 Å². The van der Waals surface area contributed by atoms with E-state index < -0.39 is 10.8 Å². The van der Waals surface area contributed by atoms with Crippen LogP contribution in [0.4, 0.5) is 5.69 Å². The van der Waals surface area contributed by atoms with E-state index in [2.05, 4.69) is 67.7 Å². The molecule has 1 aromatic rings. The average Bonchev–Trinajstić information content (AvgIpc) is 3.03. The number of methoxy groups -OCH3 is 1. The van der Waals surface area contributed by atoms with Gasteiger partial charge >= 0.3 is 5.97 Å². The number of nitro groups is 1. The molecule has 0 radical (unpaired) electrons. The van der Waals surface area contributed by atoms with E-state index in [9.17, 15) is 25.0 Å². The predicted molar refractivity (Wildman–Crippen MR) is 179 cm³/mol. The minimum Gasteiger partial charge on any atom is -0.496 e. The number of rotatable bonds is 21. The maximum absolute atomic E-state index is 13.0. The number of nitro benzene ring substituents is 1. The molecule has 0 heterocycles. The first-order chi connectivity index (χ1) is 21.8. The number of nitrogens with zero attached hydrogens (tertiary/aromatic N) is 3. The first-order valence-corrected chi connectivity index (χ1v) is 15.4. The van der Waals surface area contributed by atoms with Gasteiger partial charge in [0.15, 0.2) is 0 Å². The summed E-state index contributed by atoms with van der Waals surface area (Å²) in [6.07, 6.45) is 29.2. The Hall–Kier alpha value is -4.71. The van der Waals surface area contributed by atoms with Crippen LogP contribution in [0.25, 0.3) is 6.08 Å². The Bertz CT molecular complexity index is 1310. The number of benzene rings is 1. The van der Waals surface area contributed by atoms with Gasteiger partial charge in [-0.1, -0.05) is 67.7 Å². The molecule has 0 saturated heterocycles. The van der Waals surface area contributed by atoms with Gasteiger partial charge < -0.3 is 14.4 Å². The predicted octanol–water partition coefficient (Wildman–Crippen LogP) is 8.13. The smallest absolute Gasteiger partial charge is 0.305 e. The maximum Gasteiger partial charge on any atom is 0.305 e. The minimum atomic E-state index is -0.559. The number of amides is 1. The zero-order valence-electron chi connectivity index (χ0n) is 27.1. The van der Waals surface area contributed by atoms with Crippen molar-refractivity contribution in [3.8, 4) is 11.8 Å². The molecular weight excluding hydrogens is 570 g/mol. The summed E-state index contributed by atoms with van der Waals surface area (Å²) in [5.41, 5.74) is 0.273. The molecule has 9 heteroatoms. The molecule has 0 spiro atoms. The summed E-state index contributed by atoms with van der Waals surface area (Å²) in [4.78, 5) is 37.4. The van der Waals surface area contributed by atoms with Gasteiger partial charge in [-0.2, -0.15) is 5.26 Å². The van der Waals surface area contributed by atoms with Gasteiger partial charge in [0.1, 0.15) is 24.0 Å². The summed E-state index contributed by atoms with van der Waals surface area (Å²) in [6, 6.07) is 4.70. The molecular formula is C36H47N3O6. The summed E-state index contributed by atoms with van der Waals surface area (Å²) < 4.78 is 10.5. The van der Waals surface area contributed by atoms with Crippen molar-refractivity contribution >= 4 is 23.6 Å². The van der Waals surface area contributed by atoms with E-state index in [1.54, 1.807) is 13.8 Å². The van der Waals surface area contributed by atoms with Crippen LogP contribution >= 0.6 is 0 Å². The number of likely N-dealkylation sites (N-methyl/N-ethyl adjacent to an activating group) is 1. The molecule has 9 nitrogen and oxygen atoms in total. The fourth-order valence-electron chi connectivity index (χ4n) is 4.14. The molecule has 0 N–H and O–H groups in total. The molecule has 1 amide bonds. The Morgan fingerprint density at radius 1 is 0.956 bits per heavy atom. The molecule has 1 rings (SSSR count). The van der Waals surface area contributed by atoms with Crippen LogP contribution < -0.4 is 4.74 Å². The molecule has 0 aliphatic rings. The van der Waals surface area contributed by atoms with Gasteiger partial charge in [-0.25, -0.2) is 0 Å². The van der Waals surface area contributed by atoms with Crippen LogP contribution in [-0.2, 0) is 14.3 Å². The molecule has 0 atom stereocenters. The van der Waals surface area contributed by atoms with Crippen molar-refractivity contribution in [3.63, 3.8) is 0 Å². The number of carbonyl (C=O) groups is 2. The second-order valence-corrected chi connectivity index (χ2v) is 10.00. The second-order valence-electron chi connectivity index (χ2n) is 10.00. The third-order valence-electron chi connectivity index (χ3n) is 6.64. The second kappa shape index (κ2) is 23.7. The molecule has 0 unspecified atom stereocenters. The summed E-state index contributed by atoms with van der Waals surface area (Å²) >= 11 is 0. The van der Waals surface area contributed by atoms with E-state index in [4.69, 9.17) is 9.47 Å². The summed E-state index contributed by atoms with van der Waals surface area (Å²) in [6.45, 7) is 5.85. The Kier molecular flexibility index (Phi) is 20.2. The third-order valence-corrected chi connectivity index (χ3v) is 6.64. The number of ether oxygens (including phenoxy) is 2. The maximum atomic E-state index is 13.0. The van der Waals surface area contributed by atoms with Crippen molar-refractivity contribution in [2.45, 2.75) is 72.1 Å². The van der Waals surface area contributed by atoms with Gasteiger partial charge in [0, 0.05) is 19.0 Å². The number of allylic oxidation sites excluding steroid dienone is 10. The van der Waals surface area contributed by atoms with Crippen LogP contribution in [0.2, 0.25) is 0 Å². The number of hydrogen-bond donors (Lipinski definition) is 0. The highest BCUT2D eigenvalue weighted by Gasteiger charge is 2.20. The minimum absolute atomic E-state index is 0.00260. The molecule has 0 fully saturated rings. The van der Waals surface area contributed by atoms with Gasteiger partial charge in [-0.3, -0.25) is 19.7 Å². The molecule has 0 aliphatic heterocycles. The van der Waals surface area contributed by atoms with Crippen molar-refractivity contribution in [1.82, 2.24) is 4.90 Å². The van der Waals surface area contributed by atoms with Crippen molar-refractivity contribution in [2.24, 2.45) is 0 Å². The van der Waals surface area contributed by atoms with Crippen molar-refractivity contribution < 1.29 is 24.0 Å². The Morgan fingerprint density at radius 2 is 1.53 bits per heavy atom. The van der Waals surface area contributed by atoms with Gasteiger partial charge in [0.2, 0.25) is 0 Å². The molecule has 0 bridgehead atoms. The van der Waals surface area contributed by atoms with Crippen molar-refractivity contribution in [3.05, 3.63) is 99.7 Å². The monoisotopic (exact) mass is 617 g/mol. The molecule has 0 saturated carbocycles. The van der Waals surface area contributed by atoms with Crippen LogP contribution in [0.1, 0.15) is 76.3 Å². The number of unbranched alkanes of at least 4 members (excludes halogenated alkanes) is 1. The van der Waals surface area contributed by atoms with E-state index in [0.29, 0.717) is 17.5 Å². The highest BCUT2D eigenvalue weighted by Crippen LogP contribution is 2.30. The van der Waals surface area contributed by atoms with Crippen LogP contribution in [-0.4, -0.2) is 48.5 Å². The van der Waals surface area contributed by atoms with Crippen LogP contribution in [0.5, 0.6) is 5.75 Å². The van der Waals surface area contributed by atoms with Crippen LogP contribution in [0.3, 0.4) is 0 Å². The quantitative estimate of drug-likeness (QED) is 0.0259.